The molecule has 1 nitrogen and oxygen atoms in total. The number of rotatable bonds is 0. The average Bonchev–Trinajstić information content (AvgIpc) is 2.96. The lowest BCUT2D eigenvalue weighted by Gasteiger charge is -1.98. The molecule has 2 aromatic carbocycles. The fraction of sp³-hybridized carbons (Fsp3) is 0.300. The van der Waals surface area contributed by atoms with E-state index in [1.54, 1.807) is 0 Å². The molecule has 1 aromatic heterocycles. The van der Waals surface area contributed by atoms with Gasteiger partial charge >= 0.3 is 0 Å². The maximum absolute atomic E-state index is 3.47. The number of aromatic nitrogens is 1. The predicted octanol–water partition coefficient (Wildman–Crippen LogP) is 4.97. The van der Waals surface area contributed by atoms with E-state index >= 15 is 0 Å². The normalized spacial score (nSPS) is 11.9. The fourth-order valence-corrected chi connectivity index (χ4v) is 2.54. The number of H-pyrrole nitrogens is 1. The largest absolute Gasteiger partial charge is 0.355 e. The Bertz CT molecular complexity index is 807. The average molecular weight is 281 g/mol. The van der Waals surface area contributed by atoms with Crippen LogP contribution < -0.4 is 10.6 Å². The minimum atomic E-state index is 1.21. The Labute approximate surface area is 128 Å². The van der Waals surface area contributed by atoms with Gasteiger partial charge in [0, 0.05) is 21.5 Å². The maximum atomic E-state index is 3.47. The van der Waals surface area contributed by atoms with Crippen molar-refractivity contribution in [3.8, 4) is 0 Å². The van der Waals surface area contributed by atoms with Crippen LogP contribution in [0.25, 0.3) is 33.8 Å². The first-order chi connectivity index (χ1) is 10.3. The summed E-state index contributed by atoms with van der Waals surface area (Å²) in [5, 5.41) is 6.46. The summed E-state index contributed by atoms with van der Waals surface area (Å²) in [6.07, 6.45) is 4.31. The van der Waals surface area contributed by atoms with E-state index in [2.05, 4.69) is 67.4 Å². The maximum Gasteiger partial charge on any atom is 0.0471 e. The molecule has 0 aliphatic rings. The molecule has 3 aromatic rings. The van der Waals surface area contributed by atoms with Gasteiger partial charge in [-0.15, -0.1) is 0 Å². The Balaban J connectivity index is 0.000000510. The van der Waals surface area contributed by atoms with Crippen molar-refractivity contribution in [1.82, 2.24) is 4.98 Å². The SMILES string of the molecule is C/C=c1\c(=C/C)[nH]c2ccc3ccccc3c12.CC.CC. The second-order valence-corrected chi connectivity index (χ2v) is 4.24. The Morgan fingerprint density at radius 1 is 0.810 bits per heavy atom. The monoisotopic (exact) mass is 281 g/mol. The Morgan fingerprint density at radius 3 is 2.10 bits per heavy atom. The number of hydrogen-bond acceptors (Lipinski definition) is 0. The second kappa shape index (κ2) is 8.31. The summed E-state index contributed by atoms with van der Waals surface area (Å²) in [5.41, 5.74) is 1.21. The summed E-state index contributed by atoms with van der Waals surface area (Å²) in [7, 11) is 0. The lowest BCUT2D eigenvalue weighted by atomic mass is 10.1. The third-order valence-electron chi connectivity index (χ3n) is 3.34. The Morgan fingerprint density at radius 2 is 1.48 bits per heavy atom. The van der Waals surface area contributed by atoms with Gasteiger partial charge in [0.25, 0.3) is 0 Å². The van der Waals surface area contributed by atoms with Gasteiger partial charge in [0.05, 0.1) is 0 Å². The molecule has 0 saturated heterocycles. The molecule has 0 atom stereocenters. The van der Waals surface area contributed by atoms with Crippen LogP contribution in [0.1, 0.15) is 41.5 Å². The highest BCUT2D eigenvalue weighted by atomic mass is 14.7. The summed E-state index contributed by atoms with van der Waals surface area (Å²) >= 11 is 0. The molecule has 112 valence electrons. The lowest BCUT2D eigenvalue weighted by molar-refractivity contribution is 1.35. The van der Waals surface area contributed by atoms with Gasteiger partial charge in [-0.05, 0) is 30.7 Å². The molecule has 0 aliphatic heterocycles. The van der Waals surface area contributed by atoms with Crippen molar-refractivity contribution in [2.24, 2.45) is 0 Å². The molecule has 1 N–H and O–H groups in total. The van der Waals surface area contributed by atoms with Gasteiger partial charge in [0.15, 0.2) is 0 Å². The van der Waals surface area contributed by atoms with Crippen molar-refractivity contribution < 1.29 is 0 Å². The van der Waals surface area contributed by atoms with Crippen LogP contribution in [-0.4, -0.2) is 4.98 Å². The number of nitrogens with one attached hydrogen (secondary N) is 1. The Hall–Kier alpha value is -2.02. The van der Waals surface area contributed by atoms with E-state index < -0.39 is 0 Å². The second-order valence-electron chi connectivity index (χ2n) is 4.24. The number of aromatic amines is 1. The van der Waals surface area contributed by atoms with Crippen LogP contribution in [0.15, 0.2) is 36.4 Å². The van der Waals surface area contributed by atoms with Crippen molar-refractivity contribution >= 4 is 33.8 Å². The van der Waals surface area contributed by atoms with Crippen LogP contribution in [0.4, 0.5) is 0 Å². The molecule has 1 heteroatoms. The molecule has 1 heterocycles. The zero-order valence-corrected chi connectivity index (χ0v) is 14.1. The van der Waals surface area contributed by atoms with Crippen LogP contribution in [0.2, 0.25) is 0 Å². The van der Waals surface area contributed by atoms with Crippen LogP contribution in [-0.2, 0) is 0 Å². The molecular weight excluding hydrogens is 254 g/mol. The van der Waals surface area contributed by atoms with E-state index in [9.17, 15) is 0 Å². The van der Waals surface area contributed by atoms with E-state index in [4.69, 9.17) is 0 Å². The minimum absolute atomic E-state index is 1.21. The first-order valence-corrected chi connectivity index (χ1v) is 7.97. The van der Waals surface area contributed by atoms with Crippen LogP contribution in [0, 0.1) is 0 Å². The van der Waals surface area contributed by atoms with E-state index in [-0.39, 0.29) is 0 Å². The van der Waals surface area contributed by atoms with Gasteiger partial charge in [0.1, 0.15) is 0 Å². The topological polar surface area (TPSA) is 15.8 Å². The number of fused-ring (bicyclic) bond motifs is 3. The molecule has 0 radical (unpaired) electrons. The van der Waals surface area contributed by atoms with E-state index in [0.717, 1.165) is 0 Å². The van der Waals surface area contributed by atoms with Gasteiger partial charge in [-0.3, -0.25) is 0 Å². The van der Waals surface area contributed by atoms with Crippen LogP contribution in [0.3, 0.4) is 0 Å². The zero-order valence-electron chi connectivity index (χ0n) is 14.1. The Kier molecular flexibility index (Phi) is 6.74. The lowest BCUT2D eigenvalue weighted by Crippen LogP contribution is -2.21. The van der Waals surface area contributed by atoms with Crippen molar-refractivity contribution in [2.75, 3.05) is 0 Å². The molecule has 0 spiro atoms. The third-order valence-corrected chi connectivity index (χ3v) is 3.34. The van der Waals surface area contributed by atoms with Crippen molar-refractivity contribution in [2.45, 2.75) is 41.5 Å². The van der Waals surface area contributed by atoms with E-state index in [1.807, 2.05) is 27.7 Å². The minimum Gasteiger partial charge on any atom is -0.355 e. The molecule has 0 saturated carbocycles. The number of hydrogen-bond donors (Lipinski definition) is 1. The summed E-state index contributed by atoms with van der Waals surface area (Å²) in [6.45, 7) is 12.2. The molecule has 0 fully saturated rings. The predicted molar refractivity (Wildman–Crippen MR) is 98.0 cm³/mol. The van der Waals surface area contributed by atoms with Gasteiger partial charge in [-0.2, -0.15) is 0 Å². The summed E-state index contributed by atoms with van der Waals surface area (Å²) in [6, 6.07) is 12.9. The van der Waals surface area contributed by atoms with Crippen molar-refractivity contribution in [3.63, 3.8) is 0 Å². The van der Waals surface area contributed by atoms with Gasteiger partial charge in [-0.25, -0.2) is 0 Å². The molecule has 0 unspecified atom stereocenters. The zero-order chi connectivity index (χ0) is 15.8. The van der Waals surface area contributed by atoms with Gasteiger partial charge in [-0.1, -0.05) is 70.2 Å². The van der Waals surface area contributed by atoms with E-state index in [0.29, 0.717) is 0 Å². The van der Waals surface area contributed by atoms with Crippen LogP contribution >= 0.6 is 0 Å². The quantitative estimate of drug-likeness (QED) is 0.598. The highest BCUT2D eigenvalue weighted by Crippen LogP contribution is 2.20. The first kappa shape index (κ1) is 17.0. The molecule has 0 aliphatic carbocycles. The van der Waals surface area contributed by atoms with E-state index in [1.165, 1.54) is 32.2 Å². The molecule has 0 bridgehead atoms. The van der Waals surface area contributed by atoms with Gasteiger partial charge in [0.2, 0.25) is 0 Å². The molecule has 3 rings (SSSR count). The number of benzene rings is 2. The van der Waals surface area contributed by atoms with Crippen LogP contribution in [0.5, 0.6) is 0 Å². The summed E-state index contributed by atoms with van der Waals surface area (Å²) in [4.78, 5) is 3.47. The fourth-order valence-electron chi connectivity index (χ4n) is 2.54. The third kappa shape index (κ3) is 3.18. The van der Waals surface area contributed by atoms with Gasteiger partial charge < -0.3 is 4.98 Å². The highest BCUT2D eigenvalue weighted by molar-refractivity contribution is 6.06. The summed E-state index contributed by atoms with van der Waals surface area (Å²) in [5.74, 6) is 0. The first-order valence-electron chi connectivity index (χ1n) is 7.97. The molecule has 0 amide bonds. The highest BCUT2D eigenvalue weighted by Gasteiger charge is 2.03. The smallest absolute Gasteiger partial charge is 0.0471 e. The standard InChI is InChI=1S/C16H15N.2C2H6/c1-3-12-14(4-2)17-15-10-9-11-7-5-6-8-13(11)16(12)15;2*1-2/h3-10,17H,1-2H3;2*1-2H3/b12-3+,14-4+;;. The van der Waals surface area contributed by atoms with Crippen molar-refractivity contribution in [1.29, 1.82) is 0 Å². The van der Waals surface area contributed by atoms with Crippen molar-refractivity contribution in [3.05, 3.63) is 47.0 Å². The molecular formula is C20H27N. The summed E-state index contributed by atoms with van der Waals surface area (Å²) < 4.78 is 0. The molecule has 21 heavy (non-hydrogen) atoms.